The minimum Gasteiger partial charge on any atom is -0.480 e. The molecule has 70 valence electrons. The zero-order valence-corrected chi connectivity index (χ0v) is 8.27. The number of carbonyl (C=O) groups is 1. The van der Waals surface area contributed by atoms with Gasteiger partial charge >= 0.3 is 5.97 Å². The van der Waals surface area contributed by atoms with Crippen molar-refractivity contribution in [2.45, 2.75) is 31.4 Å². The normalized spacial score (nSPS) is 12.4. The molecule has 12 heavy (non-hydrogen) atoms. The van der Waals surface area contributed by atoms with Crippen LogP contribution in [0, 0.1) is 0 Å². The summed E-state index contributed by atoms with van der Waals surface area (Å²) in [5.41, 5.74) is 0. The largest absolute Gasteiger partial charge is 0.480 e. The Labute approximate surface area is 78.0 Å². The van der Waals surface area contributed by atoms with Crippen molar-refractivity contribution in [3.8, 4) is 0 Å². The molecule has 2 nitrogen and oxygen atoms in total. The molecule has 0 aliphatic rings. The van der Waals surface area contributed by atoms with Crippen LogP contribution in [0.5, 0.6) is 0 Å². The van der Waals surface area contributed by atoms with Gasteiger partial charge in [-0.2, -0.15) is 0 Å². The fourth-order valence-corrected chi connectivity index (χ4v) is 1.70. The van der Waals surface area contributed by atoms with Gasteiger partial charge in [-0.1, -0.05) is 25.8 Å². The number of unbranched alkanes of at least 4 members (excludes halogenated alkanes) is 1. The molecule has 0 saturated carbocycles. The molecule has 0 saturated heterocycles. The highest BCUT2D eigenvalue weighted by Gasteiger charge is 2.15. The van der Waals surface area contributed by atoms with Gasteiger partial charge in [-0.25, -0.2) is 0 Å². The quantitative estimate of drug-likeness (QED) is 0.624. The second-order valence-corrected chi connectivity index (χ2v) is 3.83. The Morgan fingerprint density at radius 3 is 2.83 bits per heavy atom. The average molecular weight is 188 g/mol. The van der Waals surface area contributed by atoms with Crippen LogP contribution in [0.3, 0.4) is 0 Å². The lowest BCUT2D eigenvalue weighted by atomic mass is 10.2. The number of carboxylic acids is 1. The van der Waals surface area contributed by atoms with Crippen molar-refractivity contribution < 1.29 is 9.90 Å². The highest BCUT2D eigenvalue weighted by Crippen LogP contribution is 2.17. The number of hydrogen-bond donors (Lipinski definition) is 1. The smallest absolute Gasteiger partial charge is 0.316 e. The van der Waals surface area contributed by atoms with Crippen LogP contribution in [-0.2, 0) is 4.79 Å². The van der Waals surface area contributed by atoms with Gasteiger partial charge in [0.15, 0.2) is 0 Å². The van der Waals surface area contributed by atoms with E-state index < -0.39 is 5.97 Å². The van der Waals surface area contributed by atoms with Gasteiger partial charge in [0, 0.05) is 5.75 Å². The summed E-state index contributed by atoms with van der Waals surface area (Å²) < 4.78 is 0. The summed E-state index contributed by atoms with van der Waals surface area (Å²) >= 11 is 1.45. The standard InChI is InChI=1S/C9H16O2S/c1-3-5-6-8(9(10)11)12-7-4-2/h4,8H,2-3,5-7H2,1H3,(H,10,11). The number of thioether (sulfide) groups is 1. The average Bonchev–Trinajstić information content (AvgIpc) is 2.04. The highest BCUT2D eigenvalue weighted by molar-refractivity contribution is 8.00. The van der Waals surface area contributed by atoms with Crippen molar-refractivity contribution in [1.82, 2.24) is 0 Å². The van der Waals surface area contributed by atoms with Crippen LogP contribution in [-0.4, -0.2) is 22.1 Å². The summed E-state index contributed by atoms with van der Waals surface area (Å²) in [6.07, 6.45) is 4.55. The summed E-state index contributed by atoms with van der Waals surface area (Å²) in [7, 11) is 0. The van der Waals surface area contributed by atoms with E-state index in [1.54, 1.807) is 6.08 Å². The predicted octanol–water partition coefficient (Wildman–Crippen LogP) is 2.55. The molecule has 1 atom stereocenters. The van der Waals surface area contributed by atoms with Crippen molar-refractivity contribution in [2.75, 3.05) is 5.75 Å². The van der Waals surface area contributed by atoms with Crippen LogP contribution >= 0.6 is 11.8 Å². The molecule has 0 spiro atoms. The number of rotatable bonds is 7. The van der Waals surface area contributed by atoms with Crippen molar-refractivity contribution in [3.05, 3.63) is 12.7 Å². The first-order chi connectivity index (χ1) is 5.72. The Morgan fingerprint density at radius 2 is 2.42 bits per heavy atom. The fourth-order valence-electron chi connectivity index (χ4n) is 0.852. The third kappa shape index (κ3) is 5.24. The van der Waals surface area contributed by atoms with Gasteiger partial charge in [0.1, 0.15) is 5.25 Å². The van der Waals surface area contributed by atoms with E-state index in [0.29, 0.717) is 0 Å². The lowest BCUT2D eigenvalue weighted by Gasteiger charge is -2.09. The molecule has 0 aromatic rings. The first-order valence-electron chi connectivity index (χ1n) is 4.17. The molecule has 0 fully saturated rings. The summed E-state index contributed by atoms with van der Waals surface area (Å²) in [5, 5.41) is 8.52. The molecule has 3 heteroatoms. The summed E-state index contributed by atoms with van der Waals surface area (Å²) in [6.45, 7) is 5.63. The van der Waals surface area contributed by atoms with E-state index in [0.717, 1.165) is 25.0 Å². The summed E-state index contributed by atoms with van der Waals surface area (Å²) in [5.74, 6) is 0.0241. The van der Waals surface area contributed by atoms with Crippen LogP contribution in [0.15, 0.2) is 12.7 Å². The Bertz CT molecular complexity index is 145. The maximum absolute atomic E-state index is 10.7. The number of carboxylic acid groups (broad SMARTS) is 1. The lowest BCUT2D eigenvalue weighted by molar-refractivity contribution is -0.136. The minimum atomic E-state index is -0.699. The van der Waals surface area contributed by atoms with E-state index in [2.05, 4.69) is 13.5 Å². The van der Waals surface area contributed by atoms with Crippen molar-refractivity contribution in [3.63, 3.8) is 0 Å². The molecule has 0 rings (SSSR count). The van der Waals surface area contributed by atoms with Gasteiger partial charge in [0.2, 0.25) is 0 Å². The molecule has 0 amide bonds. The van der Waals surface area contributed by atoms with E-state index in [4.69, 9.17) is 5.11 Å². The lowest BCUT2D eigenvalue weighted by Crippen LogP contribution is -2.16. The van der Waals surface area contributed by atoms with E-state index in [9.17, 15) is 4.79 Å². The first kappa shape index (κ1) is 11.6. The molecule has 1 N–H and O–H groups in total. The molecule has 0 heterocycles. The van der Waals surface area contributed by atoms with Gasteiger partial charge < -0.3 is 5.11 Å². The van der Waals surface area contributed by atoms with Crippen molar-refractivity contribution in [2.24, 2.45) is 0 Å². The van der Waals surface area contributed by atoms with E-state index in [1.165, 1.54) is 11.8 Å². The van der Waals surface area contributed by atoms with Crippen LogP contribution in [0.2, 0.25) is 0 Å². The van der Waals surface area contributed by atoms with Gasteiger partial charge in [0.05, 0.1) is 0 Å². The maximum Gasteiger partial charge on any atom is 0.316 e. The minimum absolute atomic E-state index is 0.247. The van der Waals surface area contributed by atoms with Crippen LogP contribution in [0.25, 0.3) is 0 Å². The van der Waals surface area contributed by atoms with Crippen LogP contribution in [0.1, 0.15) is 26.2 Å². The van der Waals surface area contributed by atoms with E-state index >= 15 is 0 Å². The second-order valence-electron chi connectivity index (χ2n) is 2.59. The Balaban J connectivity index is 3.69. The van der Waals surface area contributed by atoms with Gasteiger partial charge in [-0.3, -0.25) is 4.79 Å². The van der Waals surface area contributed by atoms with Crippen LogP contribution in [0.4, 0.5) is 0 Å². The predicted molar refractivity (Wildman–Crippen MR) is 53.6 cm³/mol. The van der Waals surface area contributed by atoms with Gasteiger partial charge in [-0.15, -0.1) is 18.3 Å². The molecule has 0 aromatic carbocycles. The van der Waals surface area contributed by atoms with Gasteiger partial charge in [0.25, 0.3) is 0 Å². The maximum atomic E-state index is 10.7. The van der Waals surface area contributed by atoms with Crippen LogP contribution < -0.4 is 0 Å². The Morgan fingerprint density at radius 1 is 1.75 bits per heavy atom. The third-order valence-corrected chi connectivity index (χ3v) is 2.78. The Hall–Kier alpha value is -0.440. The monoisotopic (exact) mass is 188 g/mol. The van der Waals surface area contributed by atoms with Crippen molar-refractivity contribution >= 4 is 17.7 Å². The zero-order chi connectivity index (χ0) is 9.40. The molecule has 0 aliphatic heterocycles. The van der Waals surface area contributed by atoms with Crippen molar-refractivity contribution in [1.29, 1.82) is 0 Å². The van der Waals surface area contributed by atoms with E-state index in [-0.39, 0.29) is 5.25 Å². The summed E-state index contributed by atoms with van der Waals surface area (Å²) in [6, 6.07) is 0. The summed E-state index contributed by atoms with van der Waals surface area (Å²) in [4.78, 5) is 10.7. The molecular weight excluding hydrogens is 172 g/mol. The third-order valence-electron chi connectivity index (χ3n) is 1.51. The van der Waals surface area contributed by atoms with Gasteiger partial charge in [-0.05, 0) is 6.42 Å². The molecule has 0 radical (unpaired) electrons. The Kier molecular flexibility index (Phi) is 6.96. The first-order valence-corrected chi connectivity index (χ1v) is 5.22. The van der Waals surface area contributed by atoms with E-state index in [1.807, 2.05) is 0 Å². The molecular formula is C9H16O2S. The second kappa shape index (κ2) is 7.22. The SMILES string of the molecule is C=CCSC(CCCC)C(=O)O. The molecule has 0 aromatic heterocycles. The number of aliphatic carboxylic acids is 1. The molecule has 0 bridgehead atoms. The number of hydrogen-bond acceptors (Lipinski definition) is 2. The highest BCUT2D eigenvalue weighted by atomic mass is 32.2. The molecule has 0 aliphatic carbocycles. The molecule has 1 unspecified atom stereocenters. The topological polar surface area (TPSA) is 37.3 Å². The fraction of sp³-hybridized carbons (Fsp3) is 0.667. The zero-order valence-electron chi connectivity index (χ0n) is 7.45.